The molecule has 1 fully saturated rings. The van der Waals surface area contributed by atoms with E-state index in [0.717, 1.165) is 11.1 Å². The Balaban J connectivity index is 2.06. The lowest BCUT2D eigenvalue weighted by atomic mass is 9.53. The minimum Gasteiger partial charge on any atom is -0.461 e. The van der Waals surface area contributed by atoms with E-state index in [-0.39, 0.29) is 35.5 Å². The summed E-state index contributed by atoms with van der Waals surface area (Å²) in [6, 6.07) is 0. The molecule has 3 rings (SSSR count). The molecule has 168 valence electrons. The van der Waals surface area contributed by atoms with Crippen molar-refractivity contribution in [2.45, 2.75) is 73.5 Å². The third-order valence-electron chi connectivity index (χ3n) is 7.07. The van der Waals surface area contributed by atoms with Gasteiger partial charge in [0.05, 0.1) is 6.26 Å². The van der Waals surface area contributed by atoms with Crippen molar-refractivity contribution in [1.82, 2.24) is 0 Å². The molecule has 1 aromatic heterocycles. The van der Waals surface area contributed by atoms with Crippen molar-refractivity contribution in [3.63, 3.8) is 0 Å². The number of carbonyl (C=O) groups excluding carboxylic acids is 3. The number of esters is 2. The number of carbonyl (C=O) groups is 3. The van der Waals surface area contributed by atoms with Gasteiger partial charge < -0.3 is 13.9 Å². The number of fused-ring (bicyclic) bond motifs is 2. The largest absolute Gasteiger partial charge is 0.461 e. The average molecular weight is 429 g/mol. The molecule has 0 unspecified atom stereocenters. The summed E-state index contributed by atoms with van der Waals surface area (Å²) in [5.41, 5.74) is 2.03. The second kappa shape index (κ2) is 8.48. The number of Topliss-reactive ketones (excluding diaryl/α,β-unsaturated/α-hetero) is 1. The molecule has 0 saturated heterocycles. The van der Waals surface area contributed by atoms with Gasteiger partial charge in [0.2, 0.25) is 5.78 Å². The van der Waals surface area contributed by atoms with Crippen molar-refractivity contribution in [3.8, 4) is 0 Å². The van der Waals surface area contributed by atoms with E-state index >= 15 is 0 Å². The standard InChI is InChI=1S/C25H32O6/c1-8-14(4)24(28)30-18-10-9-17-21(27)22-20(15(5)12-29-22)23(25(17,7)16(18)6)31-19(26)11-13(2)3/h8,11-12,16-18,23H,9-10H2,1-7H3/t16-,17+,18+,23+,25+/m0/s1. The lowest BCUT2D eigenvalue weighted by Gasteiger charge is -2.53. The van der Waals surface area contributed by atoms with Crippen molar-refractivity contribution in [2.75, 3.05) is 0 Å². The zero-order valence-electron chi connectivity index (χ0n) is 19.4. The molecule has 0 N–H and O–H groups in total. The third-order valence-corrected chi connectivity index (χ3v) is 7.07. The van der Waals surface area contributed by atoms with Crippen LogP contribution in [0.4, 0.5) is 0 Å². The van der Waals surface area contributed by atoms with Gasteiger partial charge in [0.25, 0.3) is 0 Å². The SMILES string of the molecule is CC=C(C)C(=O)O[C@@H]1CC[C@@H]2C(=O)c3occ(C)c3[C@@H](OC(=O)C=C(C)C)[C@]2(C)[C@H]1C. The summed E-state index contributed by atoms with van der Waals surface area (Å²) in [7, 11) is 0. The first kappa shape index (κ1) is 23.0. The summed E-state index contributed by atoms with van der Waals surface area (Å²) in [6.07, 6.45) is 4.76. The van der Waals surface area contributed by atoms with Gasteiger partial charge >= 0.3 is 11.9 Å². The molecule has 6 nitrogen and oxygen atoms in total. The fourth-order valence-electron chi connectivity index (χ4n) is 4.97. The summed E-state index contributed by atoms with van der Waals surface area (Å²) < 4.78 is 17.4. The number of ether oxygens (including phenoxy) is 2. The van der Waals surface area contributed by atoms with Gasteiger partial charge in [-0.05, 0) is 53.0 Å². The minimum atomic E-state index is -0.739. The lowest BCUT2D eigenvalue weighted by Crippen LogP contribution is -2.55. The number of hydrogen-bond donors (Lipinski definition) is 0. The van der Waals surface area contributed by atoms with E-state index in [1.807, 2.05) is 34.6 Å². The van der Waals surface area contributed by atoms with Crippen LogP contribution >= 0.6 is 0 Å². The van der Waals surface area contributed by atoms with E-state index in [1.165, 1.54) is 6.08 Å². The van der Waals surface area contributed by atoms with Crippen LogP contribution in [0.1, 0.15) is 82.2 Å². The summed E-state index contributed by atoms with van der Waals surface area (Å²) in [5, 5.41) is 0. The molecule has 0 aliphatic heterocycles. The number of allylic oxidation sites excluding steroid dienone is 2. The van der Waals surface area contributed by atoms with Crippen LogP contribution in [0.15, 0.2) is 34.0 Å². The quantitative estimate of drug-likeness (QED) is 0.480. The van der Waals surface area contributed by atoms with Gasteiger partial charge in [-0.25, -0.2) is 9.59 Å². The predicted octanol–water partition coefficient (Wildman–Crippen LogP) is 5.27. The van der Waals surface area contributed by atoms with E-state index in [0.29, 0.717) is 24.0 Å². The lowest BCUT2D eigenvalue weighted by molar-refractivity contribution is -0.177. The Kier molecular flexibility index (Phi) is 6.30. The molecule has 0 radical (unpaired) electrons. The first-order valence-electron chi connectivity index (χ1n) is 10.8. The molecule has 1 saturated carbocycles. The smallest absolute Gasteiger partial charge is 0.333 e. The van der Waals surface area contributed by atoms with E-state index in [2.05, 4.69) is 0 Å². The van der Waals surface area contributed by atoms with Gasteiger partial charge in [-0.3, -0.25) is 4.79 Å². The van der Waals surface area contributed by atoms with E-state index < -0.39 is 17.5 Å². The van der Waals surface area contributed by atoms with Crippen LogP contribution in [0.25, 0.3) is 0 Å². The van der Waals surface area contributed by atoms with Crippen LogP contribution in [-0.2, 0) is 19.1 Å². The summed E-state index contributed by atoms with van der Waals surface area (Å²) in [6.45, 7) is 13.0. The minimum absolute atomic E-state index is 0.0682. The highest BCUT2D eigenvalue weighted by Gasteiger charge is 2.61. The second-order valence-corrected chi connectivity index (χ2v) is 9.26. The molecule has 1 aromatic rings. The Morgan fingerprint density at radius 3 is 2.48 bits per heavy atom. The van der Waals surface area contributed by atoms with Crippen molar-refractivity contribution in [3.05, 3.63) is 46.4 Å². The summed E-state index contributed by atoms with van der Waals surface area (Å²) >= 11 is 0. The molecule has 1 heterocycles. The topological polar surface area (TPSA) is 82.8 Å². The molecular weight excluding hydrogens is 396 g/mol. The second-order valence-electron chi connectivity index (χ2n) is 9.26. The van der Waals surface area contributed by atoms with Crippen LogP contribution in [0.2, 0.25) is 0 Å². The van der Waals surface area contributed by atoms with Gasteiger partial charge in [0.1, 0.15) is 12.2 Å². The molecule has 0 amide bonds. The fraction of sp³-hybridized carbons (Fsp3) is 0.560. The highest BCUT2D eigenvalue weighted by Crippen LogP contribution is 2.60. The van der Waals surface area contributed by atoms with Crippen LogP contribution in [0.3, 0.4) is 0 Å². The number of ketones is 1. The Morgan fingerprint density at radius 1 is 1.19 bits per heavy atom. The Bertz CT molecular complexity index is 961. The van der Waals surface area contributed by atoms with Gasteiger partial charge in [-0.2, -0.15) is 0 Å². The first-order chi connectivity index (χ1) is 14.5. The van der Waals surface area contributed by atoms with Gasteiger partial charge in [-0.1, -0.05) is 25.5 Å². The fourth-order valence-corrected chi connectivity index (χ4v) is 4.97. The van der Waals surface area contributed by atoms with Crippen molar-refractivity contribution < 1.29 is 28.3 Å². The molecule has 2 aliphatic carbocycles. The normalized spacial score (nSPS) is 30.2. The first-order valence-corrected chi connectivity index (χ1v) is 10.8. The van der Waals surface area contributed by atoms with Crippen molar-refractivity contribution in [1.29, 1.82) is 0 Å². The summed E-state index contributed by atoms with van der Waals surface area (Å²) in [5.74, 6) is -1.20. The van der Waals surface area contributed by atoms with Crippen molar-refractivity contribution >= 4 is 17.7 Å². The van der Waals surface area contributed by atoms with Crippen LogP contribution < -0.4 is 0 Å². The van der Waals surface area contributed by atoms with E-state index in [9.17, 15) is 14.4 Å². The number of aryl methyl sites for hydroxylation is 1. The Hall–Kier alpha value is -2.63. The molecule has 6 heteroatoms. The molecular formula is C25H32O6. The maximum Gasteiger partial charge on any atom is 0.333 e. The maximum absolute atomic E-state index is 13.3. The van der Waals surface area contributed by atoms with Crippen molar-refractivity contribution in [2.24, 2.45) is 17.3 Å². The zero-order valence-corrected chi connectivity index (χ0v) is 19.4. The third kappa shape index (κ3) is 3.88. The van der Waals surface area contributed by atoms with E-state index in [4.69, 9.17) is 13.9 Å². The zero-order chi connectivity index (χ0) is 23.1. The molecule has 0 aromatic carbocycles. The molecule has 0 bridgehead atoms. The molecule has 31 heavy (non-hydrogen) atoms. The highest BCUT2D eigenvalue weighted by atomic mass is 16.6. The Morgan fingerprint density at radius 2 is 1.87 bits per heavy atom. The molecule has 5 atom stereocenters. The van der Waals surface area contributed by atoms with Crippen LogP contribution in [-0.4, -0.2) is 23.8 Å². The van der Waals surface area contributed by atoms with Gasteiger partial charge in [-0.15, -0.1) is 0 Å². The number of furan rings is 1. The Labute approximate surface area is 183 Å². The summed E-state index contributed by atoms with van der Waals surface area (Å²) in [4.78, 5) is 38.4. The van der Waals surface area contributed by atoms with Crippen LogP contribution in [0, 0.1) is 24.2 Å². The van der Waals surface area contributed by atoms with Crippen LogP contribution in [0.5, 0.6) is 0 Å². The van der Waals surface area contributed by atoms with Gasteiger partial charge in [0.15, 0.2) is 5.76 Å². The number of rotatable bonds is 4. The average Bonchev–Trinajstić information content (AvgIpc) is 3.08. The molecule has 0 spiro atoms. The highest BCUT2D eigenvalue weighted by molar-refractivity contribution is 5.99. The monoisotopic (exact) mass is 428 g/mol. The molecule has 2 aliphatic rings. The maximum atomic E-state index is 13.3. The van der Waals surface area contributed by atoms with E-state index in [1.54, 1.807) is 26.2 Å². The van der Waals surface area contributed by atoms with Gasteiger partial charge in [0, 0.05) is 34.5 Å². The number of hydrogen-bond acceptors (Lipinski definition) is 6. The predicted molar refractivity (Wildman–Crippen MR) is 115 cm³/mol.